The lowest BCUT2D eigenvalue weighted by molar-refractivity contribution is 0.888. The summed E-state index contributed by atoms with van der Waals surface area (Å²) in [7, 11) is 0. The molecule has 3 aromatic rings. The van der Waals surface area contributed by atoms with Crippen molar-refractivity contribution < 1.29 is 0 Å². The van der Waals surface area contributed by atoms with Gasteiger partial charge in [-0.2, -0.15) is 0 Å². The molecule has 106 valence electrons. The first-order chi connectivity index (χ1) is 10.2. The van der Waals surface area contributed by atoms with E-state index in [0.29, 0.717) is 5.92 Å². The van der Waals surface area contributed by atoms with E-state index in [-0.39, 0.29) is 0 Å². The summed E-state index contributed by atoms with van der Waals surface area (Å²) in [6.07, 6.45) is 0. The third-order valence-corrected chi connectivity index (χ3v) is 5.41. The zero-order valence-corrected chi connectivity index (χ0v) is 14.4. The predicted octanol–water partition coefficient (Wildman–Crippen LogP) is 6.36. The van der Waals surface area contributed by atoms with Gasteiger partial charge in [0.05, 0.1) is 5.69 Å². The lowest BCUT2D eigenvalue weighted by Crippen LogP contribution is -1.87. The molecule has 0 amide bonds. The SMILES string of the molecule is CC(C)c1sc(-c2ccccc2Br)nc1-c1ccccc1. The second kappa shape index (κ2) is 6.12. The first-order valence-corrected chi connectivity index (χ1v) is 8.59. The van der Waals surface area contributed by atoms with Crippen molar-refractivity contribution in [1.29, 1.82) is 0 Å². The normalized spacial score (nSPS) is 11.0. The molecule has 0 aliphatic heterocycles. The minimum absolute atomic E-state index is 0.467. The van der Waals surface area contributed by atoms with Crippen LogP contribution in [0.4, 0.5) is 0 Å². The summed E-state index contributed by atoms with van der Waals surface area (Å²) in [5.74, 6) is 0.467. The Labute approximate surface area is 137 Å². The molecule has 1 nitrogen and oxygen atoms in total. The number of hydrogen-bond acceptors (Lipinski definition) is 2. The fourth-order valence-corrected chi connectivity index (χ4v) is 4.01. The molecular formula is C18H16BrNS. The Morgan fingerprint density at radius 2 is 1.62 bits per heavy atom. The second-order valence-corrected chi connectivity index (χ2v) is 7.12. The van der Waals surface area contributed by atoms with Gasteiger partial charge in [0.1, 0.15) is 5.01 Å². The van der Waals surface area contributed by atoms with Crippen LogP contribution in [-0.4, -0.2) is 4.98 Å². The highest BCUT2D eigenvalue weighted by Gasteiger charge is 2.17. The number of thiazole rings is 1. The number of aromatic nitrogens is 1. The molecule has 0 aliphatic carbocycles. The molecule has 0 fully saturated rings. The van der Waals surface area contributed by atoms with Gasteiger partial charge in [0, 0.05) is 20.5 Å². The van der Waals surface area contributed by atoms with Crippen LogP contribution >= 0.6 is 27.3 Å². The van der Waals surface area contributed by atoms with E-state index >= 15 is 0 Å². The topological polar surface area (TPSA) is 12.9 Å². The maximum atomic E-state index is 4.92. The molecule has 3 heteroatoms. The van der Waals surface area contributed by atoms with Gasteiger partial charge < -0.3 is 0 Å². The van der Waals surface area contributed by atoms with Gasteiger partial charge in [-0.1, -0.05) is 78.3 Å². The van der Waals surface area contributed by atoms with Crippen molar-refractivity contribution in [3.05, 3.63) is 63.9 Å². The van der Waals surface area contributed by atoms with E-state index < -0.39 is 0 Å². The first-order valence-electron chi connectivity index (χ1n) is 6.98. The smallest absolute Gasteiger partial charge is 0.125 e. The van der Waals surface area contributed by atoms with Crippen LogP contribution in [0, 0.1) is 0 Å². The molecule has 0 aliphatic rings. The summed E-state index contributed by atoms with van der Waals surface area (Å²) in [4.78, 5) is 6.26. The maximum absolute atomic E-state index is 4.92. The zero-order valence-electron chi connectivity index (χ0n) is 12.0. The van der Waals surface area contributed by atoms with Crippen LogP contribution in [0.2, 0.25) is 0 Å². The number of nitrogens with zero attached hydrogens (tertiary/aromatic N) is 1. The van der Waals surface area contributed by atoms with E-state index in [4.69, 9.17) is 4.98 Å². The van der Waals surface area contributed by atoms with Crippen molar-refractivity contribution in [3.63, 3.8) is 0 Å². The summed E-state index contributed by atoms with van der Waals surface area (Å²) in [6.45, 7) is 4.45. The molecule has 0 atom stereocenters. The highest BCUT2D eigenvalue weighted by molar-refractivity contribution is 9.10. The average molecular weight is 358 g/mol. The molecule has 0 saturated carbocycles. The van der Waals surface area contributed by atoms with Crippen LogP contribution in [0.3, 0.4) is 0 Å². The number of halogens is 1. The highest BCUT2D eigenvalue weighted by Crippen LogP contribution is 2.39. The molecule has 0 unspecified atom stereocenters. The van der Waals surface area contributed by atoms with E-state index in [1.165, 1.54) is 10.4 Å². The number of hydrogen-bond donors (Lipinski definition) is 0. The molecule has 0 spiro atoms. The summed E-state index contributed by atoms with van der Waals surface area (Å²) in [5, 5.41) is 1.07. The molecule has 2 aromatic carbocycles. The Hall–Kier alpha value is -1.45. The fourth-order valence-electron chi connectivity index (χ4n) is 2.28. The second-order valence-electron chi connectivity index (χ2n) is 5.23. The van der Waals surface area contributed by atoms with Gasteiger partial charge in [0.2, 0.25) is 0 Å². The van der Waals surface area contributed by atoms with Gasteiger partial charge in [-0.05, 0) is 12.0 Å². The van der Waals surface area contributed by atoms with Crippen molar-refractivity contribution in [2.75, 3.05) is 0 Å². The maximum Gasteiger partial charge on any atom is 0.125 e. The standard InChI is InChI=1S/C18H16BrNS/c1-12(2)17-16(13-8-4-3-5-9-13)20-18(21-17)14-10-6-7-11-15(14)19/h3-12H,1-2H3. The minimum Gasteiger partial charge on any atom is -0.236 e. The molecule has 0 N–H and O–H groups in total. The van der Waals surface area contributed by atoms with Crippen LogP contribution in [0.15, 0.2) is 59.1 Å². The molecule has 21 heavy (non-hydrogen) atoms. The van der Waals surface area contributed by atoms with Gasteiger partial charge >= 0.3 is 0 Å². The van der Waals surface area contributed by atoms with Crippen LogP contribution in [0.25, 0.3) is 21.8 Å². The van der Waals surface area contributed by atoms with Crippen molar-refractivity contribution in [1.82, 2.24) is 4.98 Å². The Balaban J connectivity index is 2.16. The lowest BCUT2D eigenvalue weighted by atomic mass is 10.1. The molecule has 1 heterocycles. The Kier molecular flexibility index (Phi) is 4.22. The Morgan fingerprint density at radius 1 is 0.952 bits per heavy atom. The molecule has 0 bridgehead atoms. The van der Waals surface area contributed by atoms with E-state index in [9.17, 15) is 0 Å². The fraction of sp³-hybridized carbons (Fsp3) is 0.167. The van der Waals surface area contributed by atoms with E-state index in [2.05, 4.69) is 72.2 Å². The van der Waals surface area contributed by atoms with Crippen LogP contribution < -0.4 is 0 Å². The van der Waals surface area contributed by atoms with Gasteiger partial charge in [-0.25, -0.2) is 4.98 Å². The first kappa shape index (κ1) is 14.5. The number of rotatable bonds is 3. The zero-order chi connectivity index (χ0) is 14.8. The van der Waals surface area contributed by atoms with Crippen LogP contribution in [-0.2, 0) is 0 Å². The van der Waals surface area contributed by atoms with Crippen molar-refractivity contribution in [2.24, 2.45) is 0 Å². The molecular weight excluding hydrogens is 342 g/mol. The van der Waals surface area contributed by atoms with Crippen molar-refractivity contribution >= 4 is 27.3 Å². The van der Waals surface area contributed by atoms with Gasteiger partial charge in [0.15, 0.2) is 0 Å². The monoisotopic (exact) mass is 357 g/mol. The van der Waals surface area contributed by atoms with Gasteiger partial charge in [-0.3, -0.25) is 0 Å². The molecule has 3 rings (SSSR count). The number of benzene rings is 2. The van der Waals surface area contributed by atoms with Gasteiger partial charge in [0.25, 0.3) is 0 Å². The Bertz CT molecular complexity index is 747. The van der Waals surface area contributed by atoms with E-state index in [1.54, 1.807) is 11.3 Å². The molecule has 0 radical (unpaired) electrons. The Morgan fingerprint density at radius 3 is 2.29 bits per heavy atom. The summed E-state index contributed by atoms with van der Waals surface area (Å²) >= 11 is 5.42. The van der Waals surface area contributed by atoms with E-state index in [0.717, 1.165) is 20.7 Å². The highest BCUT2D eigenvalue weighted by atomic mass is 79.9. The summed E-state index contributed by atoms with van der Waals surface area (Å²) < 4.78 is 1.09. The summed E-state index contributed by atoms with van der Waals surface area (Å²) in [6, 6.07) is 18.7. The third kappa shape index (κ3) is 2.94. The van der Waals surface area contributed by atoms with Crippen LogP contribution in [0.1, 0.15) is 24.6 Å². The van der Waals surface area contributed by atoms with Crippen molar-refractivity contribution in [3.8, 4) is 21.8 Å². The van der Waals surface area contributed by atoms with Crippen LogP contribution in [0.5, 0.6) is 0 Å². The largest absolute Gasteiger partial charge is 0.236 e. The third-order valence-electron chi connectivity index (χ3n) is 3.33. The quantitative estimate of drug-likeness (QED) is 0.531. The molecule has 1 aromatic heterocycles. The minimum atomic E-state index is 0.467. The van der Waals surface area contributed by atoms with Crippen molar-refractivity contribution in [2.45, 2.75) is 19.8 Å². The van der Waals surface area contributed by atoms with E-state index in [1.807, 2.05) is 12.1 Å². The predicted molar refractivity (Wildman–Crippen MR) is 94.8 cm³/mol. The average Bonchev–Trinajstić information content (AvgIpc) is 2.94. The lowest BCUT2D eigenvalue weighted by Gasteiger charge is -2.04. The van der Waals surface area contributed by atoms with Gasteiger partial charge in [-0.15, -0.1) is 11.3 Å². The summed E-state index contributed by atoms with van der Waals surface area (Å²) in [5.41, 5.74) is 3.46. The molecule has 0 saturated heterocycles.